The molecule has 2 amide bonds. The molecule has 0 bridgehead atoms. The summed E-state index contributed by atoms with van der Waals surface area (Å²) in [7, 11) is 0. The summed E-state index contributed by atoms with van der Waals surface area (Å²) in [5.41, 5.74) is 2.45. The SMILES string of the molecule is CCc1ccccc1NC(=O)C(=O)NC(CCO)c1ccccc1. The fourth-order valence-corrected chi connectivity index (χ4v) is 2.49. The number of hydrogen-bond donors (Lipinski definition) is 3. The van der Waals surface area contributed by atoms with Gasteiger partial charge in [-0.3, -0.25) is 9.59 Å². The summed E-state index contributed by atoms with van der Waals surface area (Å²) < 4.78 is 0. The summed E-state index contributed by atoms with van der Waals surface area (Å²) in [5.74, 6) is -1.43. The number of anilines is 1. The summed E-state index contributed by atoms with van der Waals surface area (Å²) >= 11 is 0. The highest BCUT2D eigenvalue weighted by Gasteiger charge is 2.20. The van der Waals surface area contributed by atoms with Gasteiger partial charge in [-0.2, -0.15) is 0 Å². The van der Waals surface area contributed by atoms with Gasteiger partial charge in [-0.15, -0.1) is 0 Å². The Bertz CT molecular complexity index is 686. The maximum Gasteiger partial charge on any atom is 0.313 e. The van der Waals surface area contributed by atoms with Crippen LogP contribution in [0.3, 0.4) is 0 Å². The lowest BCUT2D eigenvalue weighted by Gasteiger charge is -2.18. The van der Waals surface area contributed by atoms with Gasteiger partial charge in [-0.25, -0.2) is 0 Å². The van der Waals surface area contributed by atoms with Crippen molar-refractivity contribution >= 4 is 17.5 Å². The number of rotatable bonds is 6. The van der Waals surface area contributed by atoms with Gasteiger partial charge >= 0.3 is 11.8 Å². The predicted molar refractivity (Wildman–Crippen MR) is 93.5 cm³/mol. The van der Waals surface area contributed by atoms with Gasteiger partial charge < -0.3 is 15.7 Å². The van der Waals surface area contributed by atoms with Gasteiger partial charge in [0.05, 0.1) is 6.04 Å². The smallest absolute Gasteiger partial charge is 0.313 e. The second-order valence-corrected chi connectivity index (χ2v) is 5.41. The van der Waals surface area contributed by atoms with Crippen LogP contribution in [0.25, 0.3) is 0 Å². The van der Waals surface area contributed by atoms with Crippen molar-refractivity contribution in [2.75, 3.05) is 11.9 Å². The summed E-state index contributed by atoms with van der Waals surface area (Å²) in [6.45, 7) is 1.90. The Morgan fingerprint density at radius 3 is 2.33 bits per heavy atom. The fraction of sp³-hybridized carbons (Fsp3) is 0.263. The molecule has 0 saturated carbocycles. The third-order valence-electron chi connectivity index (χ3n) is 3.78. The Labute approximate surface area is 141 Å². The first kappa shape index (κ1) is 17.7. The molecule has 5 heteroatoms. The number of hydrogen-bond acceptors (Lipinski definition) is 3. The maximum absolute atomic E-state index is 12.2. The Balaban J connectivity index is 2.05. The van der Waals surface area contributed by atoms with E-state index < -0.39 is 17.9 Å². The molecule has 0 heterocycles. The summed E-state index contributed by atoms with van der Waals surface area (Å²) in [4.78, 5) is 24.4. The normalized spacial score (nSPS) is 11.6. The molecule has 126 valence electrons. The van der Waals surface area contributed by atoms with E-state index in [0.29, 0.717) is 12.1 Å². The molecule has 2 aromatic rings. The van der Waals surface area contributed by atoms with E-state index in [0.717, 1.165) is 17.5 Å². The standard InChI is InChI=1S/C19H22N2O3/c1-2-14-8-6-7-11-16(14)20-18(23)19(24)21-17(12-13-22)15-9-4-3-5-10-15/h3-11,17,22H,2,12-13H2,1H3,(H,20,23)(H,21,24). The molecule has 1 atom stereocenters. The first-order valence-electron chi connectivity index (χ1n) is 8.01. The molecule has 0 radical (unpaired) electrons. The largest absolute Gasteiger partial charge is 0.396 e. The summed E-state index contributed by atoms with van der Waals surface area (Å²) in [6, 6.07) is 16.2. The summed E-state index contributed by atoms with van der Waals surface area (Å²) in [6.07, 6.45) is 1.10. The lowest BCUT2D eigenvalue weighted by atomic mass is 10.0. The Hall–Kier alpha value is -2.66. The number of carbonyl (C=O) groups is 2. The second-order valence-electron chi connectivity index (χ2n) is 5.41. The molecule has 0 aliphatic heterocycles. The van der Waals surface area contributed by atoms with Crippen LogP contribution >= 0.6 is 0 Å². The third-order valence-corrected chi connectivity index (χ3v) is 3.78. The van der Waals surface area contributed by atoms with Gasteiger partial charge in [0.15, 0.2) is 0 Å². The molecule has 0 fully saturated rings. The van der Waals surface area contributed by atoms with E-state index in [1.54, 1.807) is 6.07 Å². The monoisotopic (exact) mass is 326 g/mol. The van der Waals surface area contributed by atoms with Crippen LogP contribution in [0.2, 0.25) is 0 Å². The number of nitrogens with one attached hydrogen (secondary N) is 2. The summed E-state index contributed by atoms with van der Waals surface area (Å²) in [5, 5.41) is 14.5. The highest BCUT2D eigenvalue weighted by atomic mass is 16.3. The average molecular weight is 326 g/mol. The second kappa shape index (κ2) is 8.84. The van der Waals surface area contributed by atoms with E-state index in [-0.39, 0.29) is 6.61 Å². The van der Waals surface area contributed by atoms with Crippen LogP contribution in [0.15, 0.2) is 54.6 Å². The van der Waals surface area contributed by atoms with Crippen molar-refractivity contribution in [2.45, 2.75) is 25.8 Å². The van der Waals surface area contributed by atoms with Crippen molar-refractivity contribution in [3.8, 4) is 0 Å². The van der Waals surface area contributed by atoms with Crippen LogP contribution in [0.5, 0.6) is 0 Å². The molecule has 0 aliphatic rings. The van der Waals surface area contributed by atoms with Crippen molar-refractivity contribution in [3.63, 3.8) is 0 Å². The van der Waals surface area contributed by atoms with E-state index in [2.05, 4.69) is 10.6 Å². The van der Waals surface area contributed by atoms with Crippen molar-refractivity contribution in [1.29, 1.82) is 0 Å². The highest BCUT2D eigenvalue weighted by molar-refractivity contribution is 6.39. The molecular formula is C19H22N2O3. The molecule has 5 nitrogen and oxygen atoms in total. The zero-order chi connectivity index (χ0) is 17.4. The van der Waals surface area contributed by atoms with E-state index in [1.807, 2.05) is 55.5 Å². The molecule has 24 heavy (non-hydrogen) atoms. The Morgan fingerprint density at radius 2 is 1.67 bits per heavy atom. The first-order valence-corrected chi connectivity index (χ1v) is 8.01. The van der Waals surface area contributed by atoms with E-state index >= 15 is 0 Å². The third kappa shape index (κ3) is 4.67. The zero-order valence-corrected chi connectivity index (χ0v) is 13.7. The van der Waals surface area contributed by atoms with Crippen LogP contribution in [0.1, 0.15) is 30.5 Å². The van der Waals surface area contributed by atoms with Crippen molar-refractivity contribution < 1.29 is 14.7 Å². The molecular weight excluding hydrogens is 304 g/mol. The predicted octanol–water partition coefficient (Wildman–Crippen LogP) is 2.43. The van der Waals surface area contributed by atoms with Gasteiger partial charge in [0.2, 0.25) is 0 Å². The van der Waals surface area contributed by atoms with E-state index in [9.17, 15) is 14.7 Å². The van der Waals surface area contributed by atoms with Gasteiger partial charge in [-0.1, -0.05) is 55.5 Å². The minimum absolute atomic E-state index is 0.0832. The molecule has 2 aromatic carbocycles. The van der Waals surface area contributed by atoms with Crippen LogP contribution in [0, 0.1) is 0 Å². The highest BCUT2D eigenvalue weighted by Crippen LogP contribution is 2.17. The van der Waals surface area contributed by atoms with E-state index in [4.69, 9.17) is 0 Å². The molecule has 0 aliphatic carbocycles. The lowest BCUT2D eigenvalue weighted by Crippen LogP contribution is -2.38. The lowest BCUT2D eigenvalue weighted by molar-refractivity contribution is -0.136. The topological polar surface area (TPSA) is 78.4 Å². The molecule has 0 saturated heterocycles. The maximum atomic E-state index is 12.2. The van der Waals surface area contributed by atoms with E-state index in [1.165, 1.54) is 0 Å². The van der Waals surface area contributed by atoms with Crippen LogP contribution in [-0.4, -0.2) is 23.5 Å². The van der Waals surface area contributed by atoms with Crippen LogP contribution < -0.4 is 10.6 Å². The molecule has 2 rings (SSSR count). The number of aryl methyl sites for hydroxylation is 1. The quantitative estimate of drug-likeness (QED) is 0.713. The van der Waals surface area contributed by atoms with Crippen molar-refractivity contribution in [3.05, 3.63) is 65.7 Å². The molecule has 1 unspecified atom stereocenters. The number of carbonyl (C=O) groups excluding carboxylic acids is 2. The van der Waals surface area contributed by atoms with Crippen LogP contribution in [0.4, 0.5) is 5.69 Å². The molecule has 3 N–H and O–H groups in total. The Morgan fingerprint density at radius 1 is 1.00 bits per heavy atom. The van der Waals surface area contributed by atoms with Crippen molar-refractivity contribution in [1.82, 2.24) is 5.32 Å². The minimum Gasteiger partial charge on any atom is -0.396 e. The molecule has 0 aromatic heterocycles. The van der Waals surface area contributed by atoms with Crippen LogP contribution in [-0.2, 0) is 16.0 Å². The number of para-hydroxylation sites is 1. The zero-order valence-electron chi connectivity index (χ0n) is 13.7. The van der Waals surface area contributed by atoms with Crippen molar-refractivity contribution in [2.24, 2.45) is 0 Å². The van der Waals surface area contributed by atoms with Gasteiger partial charge in [0.25, 0.3) is 0 Å². The number of amides is 2. The minimum atomic E-state index is -0.719. The number of aliphatic hydroxyl groups is 1. The number of benzene rings is 2. The van der Waals surface area contributed by atoms with Gasteiger partial charge in [0.1, 0.15) is 0 Å². The fourth-order valence-electron chi connectivity index (χ4n) is 2.49. The Kier molecular flexibility index (Phi) is 6.51. The number of aliphatic hydroxyl groups excluding tert-OH is 1. The van der Waals surface area contributed by atoms with Gasteiger partial charge in [-0.05, 0) is 30.0 Å². The van der Waals surface area contributed by atoms with Gasteiger partial charge in [0, 0.05) is 12.3 Å². The first-order chi connectivity index (χ1) is 11.7. The average Bonchev–Trinajstić information content (AvgIpc) is 2.62. The molecule has 0 spiro atoms.